The van der Waals surface area contributed by atoms with Gasteiger partial charge >= 0.3 is 7.32 Å². The summed E-state index contributed by atoms with van der Waals surface area (Å²) in [5, 5.41) is 36.8. The molecule has 0 fully saturated rings. The Hall–Kier alpha value is -0.175. The highest BCUT2D eigenvalue weighted by Crippen LogP contribution is 1.64. The summed E-state index contributed by atoms with van der Waals surface area (Å²) >= 11 is 0. The van der Waals surface area contributed by atoms with Crippen LogP contribution in [0.4, 0.5) is 0 Å². The number of rotatable bonds is 3. The molecule has 13 heavy (non-hydrogen) atoms. The van der Waals surface area contributed by atoms with Crippen LogP contribution in [0.15, 0.2) is 0 Å². The number of ether oxygens (including phenoxy) is 1. The lowest BCUT2D eigenvalue weighted by Gasteiger charge is -1.86. The van der Waals surface area contributed by atoms with Crippen LogP contribution in [0.1, 0.15) is 13.8 Å². The molecule has 0 aliphatic rings. The van der Waals surface area contributed by atoms with Gasteiger partial charge in [0.2, 0.25) is 0 Å². The molecule has 0 heterocycles. The quantitative estimate of drug-likeness (QED) is 0.334. The van der Waals surface area contributed by atoms with E-state index < -0.39 is 7.32 Å². The van der Waals surface area contributed by atoms with E-state index in [-0.39, 0.29) is 13.2 Å². The topological polar surface area (TPSA) is 110 Å². The molecule has 0 atom stereocenters. The van der Waals surface area contributed by atoms with E-state index in [0.717, 1.165) is 13.2 Å². The van der Waals surface area contributed by atoms with Crippen molar-refractivity contribution < 1.29 is 30.0 Å². The molecule has 0 saturated heterocycles. The van der Waals surface area contributed by atoms with Crippen LogP contribution in [0.25, 0.3) is 0 Å². The van der Waals surface area contributed by atoms with Crippen LogP contribution >= 0.6 is 0 Å². The molecule has 0 spiro atoms. The fraction of sp³-hybridized carbons (Fsp3) is 1.00. The molecule has 0 aliphatic carbocycles. The van der Waals surface area contributed by atoms with Crippen LogP contribution in [-0.2, 0) is 4.74 Å². The highest BCUT2D eigenvalue weighted by atomic mass is 16.5. The summed E-state index contributed by atoms with van der Waals surface area (Å²) in [5.41, 5.74) is 0. The fourth-order valence-corrected chi connectivity index (χ4v) is 0.204. The van der Waals surface area contributed by atoms with E-state index in [2.05, 4.69) is 0 Å². The monoisotopic (exact) mass is 198 g/mol. The summed E-state index contributed by atoms with van der Waals surface area (Å²) in [6.07, 6.45) is 0. The van der Waals surface area contributed by atoms with E-state index >= 15 is 0 Å². The van der Waals surface area contributed by atoms with Crippen molar-refractivity contribution in [2.24, 2.45) is 0 Å². The molecule has 0 unspecified atom stereocenters. The van der Waals surface area contributed by atoms with Gasteiger partial charge in [0.15, 0.2) is 0 Å². The molecule has 0 aromatic carbocycles. The first-order chi connectivity index (χ1) is 6.06. The minimum Gasteiger partial charge on any atom is -0.402 e. The van der Waals surface area contributed by atoms with Gasteiger partial charge in [-0.2, -0.15) is 0 Å². The highest BCUT2D eigenvalue weighted by Gasteiger charge is 1.92. The first kappa shape index (κ1) is 18.6. The third-order valence-corrected chi connectivity index (χ3v) is 0.508. The summed E-state index contributed by atoms with van der Waals surface area (Å²) in [5.74, 6) is 0. The Morgan fingerprint density at radius 3 is 1.15 bits per heavy atom. The SMILES string of the molecule is CCOCC.OB(O)O.OCCO. The lowest BCUT2D eigenvalue weighted by atomic mass is 10.3. The van der Waals surface area contributed by atoms with Gasteiger partial charge < -0.3 is 30.0 Å². The second-order valence-corrected chi connectivity index (χ2v) is 1.58. The Labute approximate surface area is 78.6 Å². The summed E-state index contributed by atoms with van der Waals surface area (Å²) < 4.78 is 4.83. The van der Waals surface area contributed by atoms with Crippen LogP contribution in [0.3, 0.4) is 0 Å². The summed E-state index contributed by atoms with van der Waals surface area (Å²) in [6, 6.07) is 0. The minimum absolute atomic E-state index is 0.125. The van der Waals surface area contributed by atoms with E-state index in [1.54, 1.807) is 0 Å². The average molecular weight is 198 g/mol. The molecule has 5 N–H and O–H groups in total. The van der Waals surface area contributed by atoms with Gasteiger partial charge in [-0.25, -0.2) is 0 Å². The molecule has 7 heteroatoms. The van der Waals surface area contributed by atoms with Crippen molar-refractivity contribution in [3.8, 4) is 0 Å². The smallest absolute Gasteiger partial charge is 0.402 e. The van der Waals surface area contributed by atoms with Gasteiger partial charge in [-0.3, -0.25) is 0 Å². The van der Waals surface area contributed by atoms with Crippen LogP contribution in [0, 0.1) is 0 Å². The van der Waals surface area contributed by atoms with Crippen LogP contribution in [-0.4, -0.2) is 59.0 Å². The van der Waals surface area contributed by atoms with Crippen LogP contribution in [0.5, 0.6) is 0 Å². The van der Waals surface area contributed by atoms with Crippen molar-refractivity contribution in [2.75, 3.05) is 26.4 Å². The van der Waals surface area contributed by atoms with Crippen molar-refractivity contribution in [1.29, 1.82) is 0 Å². The van der Waals surface area contributed by atoms with Gasteiger partial charge in [0.05, 0.1) is 13.2 Å². The van der Waals surface area contributed by atoms with Gasteiger partial charge in [0.25, 0.3) is 0 Å². The zero-order chi connectivity index (χ0) is 11.1. The molecule has 0 rings (SSSR count). The predicted molar refractivity (Wildman–Crippen MR) is 48.7 cm³/mol. The third-order valence-electron chi connectivity index (χ3n) is 0.508. The van der Waals surface area contributed by atoms with E-state index in [0.29, 0.717) is 0 Å². The molecular formula is C6H19BO6. The Morgan fingerprint density at radius 1 is 0.923 bits per heavy atom. The number of aliphatic hydroxyl groups is 2. The second kappa shape index (κ2) is 22.6. The van der Waals surface area contributed by atoms with Gasteiger partial charge in [0, 0.05) is 13.2 Å². The maximum atomic E-state index is 7.62. The second-order valence-electron chi connectivity index (χ2n) is 1.58. The molecule has 82 valence electrons. The van der Waals surface area contributed by atoms with Crippen LogP contribution < -0.4 is 0 Å². The van der Waals surface area contributed by atoms with Crippen molar-refractivity contribution >= 4 is 7.32 Å². The molecule has 6 nitrogen and oxygen atoms in total. The lowest BCUT2D eigenvalue weighted by Crippen LogP contribution is -2.07. The van der Waals surface area contributed by atoms with Gasteiger partial charge in [-0.05, 0) is 13.8 Å². The maximum Gasteiger partial charge on any atom is 0.631 e. The number of hydrogen-bond donors (Lipinski definition) is 5. The molecule has 0 saturated carbocycles. The van der Waals surface area contributed by atoms with E-state index in [4.69, 9.17) is 30.0 Å². The van der Waals surface area contributed by atoms with Crippen molar-refractivity contribution in [2.45, 2.75) is 13.8 Å². The zero-order valence-electron chi connectivity index (χ0n) is 8.05. The Balaban J connectivity index is -0.000000117. The van der Waals surface area contributed by atoms with E-state index in [1.165, 1.54) is 0 Å². The Kier molecular flexibility index (Phi) is 32.3. The fourth-order valence-electron chi connectivity index (χ4n) is 0.204. The zero-order valence-corrected chi connectivity index (χ0v) is 8.05. The first-order valence-electron chi connectivity index (χ1n) is 3.90. The summed E-state index contributed by atoms with van der Waals surface area (Å²) in [4.78, 5) is 0. The van der Waals surface area contributed by atoms with Crippen molar-refractivity contribution in [3.05, 3.63) is 0 Å². The molecule has 0 aromatic rings. The van der Waals surface area contributed by atoms with Crippen molar-refractivity contribution in [1.82, 2.24) is 0 Å². The highest BCUT2D eigenvalue weighted by molar-refractivity contribution is 6.30. The van der Waals surface area contributed by atoms with E-state index in [9.17, 15) is 0 Å². The molecule has 0 amide bonds. The Morgan fingerprint density at radius 2 is 1.15 bits per heavy atom. The molecule has 0 bridgehead atoms. The Bertz CT molecular complexity index is 56.3. The predicted octanol–water partition coefficient (Wildman–Crippen LogP) is -2.04. The normalized spacial score (nSPS) is 7.62. The average Bonchev–Trinajstić information content (AvgIpc) is 2.05. The molecule has 0 aromatic heterocycles. The minimum atomic E-state index is -2.17. The number of hydrogen-bond acceptors (Lipinski definition) is 6. The lowest BCUT2D eigenvalue weighted by molar-refractivity contribution is 0.162. The van der Waals surface area contributed by atoms with E-state index in [1.807, 2.05) is 13.8 Å². The van der Waals surface area contributed by atoms with Gasteiger partial charge in [-0.15, -0.1) is 0 Å². The summed E-state index contributed by atoms with van der Waals surface area (Å²) in [7, 11) is -2.17. The first-order valence-corrected chi connectivity index (χ1v) is 3.90. The van der Waals surface area contributed by atoms with Crippen molar-refractivity contribution in [3.63, 3.8) is 0 Å². The van der Waals surface area contributed by atoms with Crippen LogP contribution in [0.2, 0.25) is 0 Å². The molecule has 0 aliphatic heterocycles. The molecule has 0 radical (unpaired) electrons. The third kappa shape index (κ3) is 143. The number of aliphatic hydroxyl groups excluding tert-OH is 2. The standard InChI is InChI=1S/C4H10O.C2H6O2.BH3O3/c1-3-5-4-2;3-1-2-4;2-1(3)4/h3-4H2,1-2H3;3-4H,1-2H2;2-4H. The maximum absolute atomic E-state index is 7.62. The molecular weight excluding hydrogens is 179 g/mol. The largest absolute Gasteiger partial charge is 0.631 e. The summed E-state index contributed by atoms with van der Waals surface area (Å²) in [6.45, 7) is 5.42. The van der Waals surface area contributed by atoms with Gasteiger partial charge in [-0.1, -0.05) is 0 Å². The van der Waals surface area contributed by atoms with Gasteiger partial charge in [0.1, 0.15) is 0 Å².